The highest BCUT2D eigenvalue weighted by atomic mass is 32.1. The first-order chi connectivity index (χ1) is 30.7. The molecular formula is C55H32N4O2S. The molecule has 0 fully saturated rings. The third-order valence-electron chi connectivity index (χ3n) is 12.8. The summed E-state index contributed by atoms with van der Waals surface area (Å²) in [5.74, 6) is 1.82. The molecule has 1 aliphatic rings. The van der Waals surface area contributed by atoms with Gasteiger partial charge in [0.25, 0.3) is 0 Å². The summed E-state index contributed by atoms with van der Waals surface area (Å²) in [5.41, 5.74) is 9.45. The van der Waals surface area contributed by atoms with Gasteiger partial charge < -0.3 is 13.4 Å². The van der Waals surface area contributed by atoms with Gasteiger partial charge in [-0.15, -0.1) is 11.3 Å². The summed E-state index contributed by atoms with van der Waals surface area (Å²) in [6.45, 7) is 0. The van der Waals surface area contributed by atoms with Crippen molar-refractivity contribution in [1.82, 2.24) is 19.5 Å². The van der Waals surface area contributed by atoms with E-state index in [-0.39, 0.29) is 5.92 Å². The number of hydrogen-bond donors (Lipinski definition) is 0. The lowest BCUT2D eigenvalue weighted by Gasteiger charge is -2.19. The van der Waals surface area contributed by atoms with Crippen LogP contribution in [0.4, 0.5) is 0 Å². The zero-order valence-electron chi connectivity index (χ0n) is 33.0. The maximum absolute atomic E-state index is 6.62. The van der Waals surface area contributed by atoms with E-state index >= 15 is 0 Å². The van der Waals surface area contributed by atoms with E-state index in [1.54, 1.807) is 0 Å². The second-order valence-corrected chi connectivity index (χ2v) is 17.4. The molecule has 1 aliphatic carbocycles. The van der Waals surface area contributed by atoms with Crippen molar-refractivity contribution in [2.45, 2.75) is 12.3 Å². The molecule has 13 aromatic rings. The highest BCUT2D eigenvalue weighted by Crippen LogP contribution is 2.45. The molecular weight excluding hydrogens is 781 g/mol. The summed E-state index contributed by atoms with van der Waals surface area (Å²) in [7, 11) is 0. The van der Waals surface area contributed by atoms with Crippen molar-refractivity contribution in [2.75, 3.05) is 0 Å². The normalized spacial score (nSPS) is 14.2. The molecule has 0 aliphatic heterocycles. The maximum atomic E-state index is 6.62. The number of aromatic nitrogens is 4. The molecule has 0 saturated carbocycles. The Hall–Kier alpha value is -7.87. The molecule has 0 saturated heterocycles. The summed E-state index contributed by atoms with van der Waals surface area (Å²) < 4.78 is 16.7. The van der Waals surface area contributed by atoms with E-state index in [0.29, 0.717) is 11.6 Å². The van der Waals surface area contributed by atoms with Gasteiger partial charge in [0.1, 0.15) is 28.2 Å². The Labute approximate surface area is 357 Å². The Kier molecular flexibility index (Phi) is 7.01. The zero-order chi connectivity index (χ0) is 40.5. The molecule has 5 heterocycles. The van der Waals surface area contributed by atoms with Gasteiger partial charge >= 0.3 is 0 Å². The molecule has 290 valence electrons. The fourth-order valence-electron chi connectivity index (χ4n) is 9.90. The van der Waals surface area contributed by atoms with Gasteiger partial charge in [0.2, 0.25) is 0 Å². The largest absolute Gasteiger partial charge is 0.456 e. The number of fused-ring (bicyclic) bond motifs is 13. The van der Waals surface area contributed by atoms with Gasteiger partial charge in [0, 0.05) is 53.4 Å². The molecule has 0 N–H and O–H groups in total. The van der Waals surface area contributed by atoms with Crippen LogP contribution in [0, 0.1) is 0 Å². The van der Waals surface area contributed by atoms with Gasteiger partial charge in [-0.25, -0.2) is 15.0 Å². The van der Waals surface area contributed by atoms with Crippen molar-refractivity contribution in [3.63, 3.8) is 0 Å². The number of hydrogen-bond acceptors (Lipinski definition) is 6. The monoisotopic (exact) mass is 812 g/mol. The van der Waals surface area contributed by atoms with Gasteiger partial charge in [-0.1, -0.05) is 115 Å². The predicted molar refractivity (Wildman–Crippen MR) is 254 cm³/mol. The van der Waals surface area contributed by atoms with E-state index in [1.165, 1.54) is 42.1 Å². The average molecular weight is 813 g/mol. The lowest BCUT2D eigenvalue weighted by molar-refractivity contribution is 0.668. The summed E-state index contributed by atoms with van der Waals surface area (Å²) in [6, 6.07) is 57.6. The van der Waals surface area contributed by atoms with Crippen LogP contribution in [-0.2, 0) is 6.42 Å². The van der Waals surface area contributed by atoms with Crippen LogP contribution in [0.1, 0.15) is 22.2 Å². The van der Waals surface area contributed by atoms with Gasteiger partial charge in [-0.3, -0.25) is 0 Å². The standard InChI is InChI=1S/C55H32N4O2S/c1-2-12-32-28-44-41(27-31(32)11-1)35-13-3-7-17-42(35)59(44)43-25-26-47-51(40-16-5-9-19-46(40)60-47)52(43)55-57-53(33-21-23-37-36-14-4-8-18-45(36)61-48(37)29-33)56-54(58-55)34-22-24-39-38-15-6-10-20-49(38)62-50(39)30-34/h1-29,34H,30H2. The summed E-state index contributed by atoms with van der Waals surface area (Å²) in [6.07, 6.45) is 5.34. The second-order valence-electron chi connectivity index (χ2n) is 16.3. The first kappa shape index (κ1) is 33.9. The number of thiophene rings is 1. The van der Waals surface area contributed by atoms with Crippen molar-refractivity contribution < 1.29 is 8.83 Å². The topological polar surface area (TPSA) is 69.9 Å². The molecule has 8 aromatic carbocycles. The van der Waals surface area contributed by atoms with E-state index in [1.807, 2.05) is 41.7 Å². The Morgan fingerprint density at radius 2 is 1.21 bits per heavy atom. The Bertz CT molecular complexity index is 4050. The van der Waals surface area contributed by atoms with Crippen molar-refractivity contribution in [1.29, 1.82) is 0 Å². The molecule has 0 radical (unpaired) electrons. The first-order valence-electron chi connectivity index (χ1n) is 20.9. The van der Waals surface area contributed by atoms with Gasteiger partial charge in [-0.2, -0.15) is 0 Å². The molecule has 0 spiro atoms. The number of nitrogens with zero attached hydrogens (tertiary/aromatic N) is 4. The second kappa shape index (κ2) is 12.8. The number of benzene rings is 8. The SMILES string of the molecule is C1=CC(c2nc(-c3ccc4c(c3)oc3ccccc34)nc(-c3c(-n4c5ccccc5c5cc6ccccc6cc54)ccc4oc5ccccc5c34)n2)Cc2sc3ccccc3c21. The van der Waals surface area contributed by atoms with Gasteiger partial charge in [-0.05, 0) is 88.8 Å². The highest BCUT2D eigenvalue weighted by Gasteiger charge is 2.28. The molecule has 1 unspecified atom stereocenters. The van der Waals surface area contributed by atoms with Crippen molar-refractivity contribution >= 4 is 104 Å². The fourth-order valence-corrected chi connectivity index (χ4v) is 11.2. The van der Waals surface area contributed by atoms with Crippen LogP contribution in [0.25, 0.3) is 121 Å². The smallest absolute Gasteiger partial charge is 0.166 e. The Morgan fingerprint density at radius 3 is 2.10 bits per heavy atom. The molecule has 0 amide bonds. The Morgan fingerprint density at radius 1 is 0.516 bits per heavy atom. The van der Waals surface area contributed by atoms with Crippen LogP contribution < -0.4 is 0 Å². The number of allylic oxidation sites excluding steroid dienone is 1. The molecule has 5 aromatic heterocycles. The predicted octanol–water partition coefficient (Wildman–Crippen LogP) is 14.8. The van der Waals surface area contributed by atoms with Gasteiger partial charge in [0.15, 0.2) is 11.6 Å². The summed E-state index contributed by atoms with van der Waals surface area (Å²) >= 11 is 1.86. The lowest BCUT2D eigenvalue weighted by atomic mass is 9.93. The maximum Gasteiger partial charge on any atom is 0.166 e. The van der Waals surface area contributed by atoms with Crippen molar-refractivity contribution in [2.24, 2.45) is 0 Å². The fraction of sp³-hybridized carbons (Fsp3) is 0.0364. The summed E-state index contributed by atoms with van der Waals surface area (Å²) in [4.78, 5) is 17.7. The minimum Gasteiger partial charge on any atom is -0.456 e. The number of rotatable bonds is 4. The van der Waals surface area contributed by atoms with E-state index < -0.39 is 0 Å². The third-order valence-corrected chi connectivity index (χ3v) is 14.0. The minimum atomic E-state index is -0.0747. The van der Waals surface area contributed by atoms with E-state index in [9.17, 15) is 0 Å². The van der Waals surface area contributed by atoms with Gasteiger partial charge in [0.05, 0.1) is 22.3 Å². The zero-order valence-corrected chi connectivity index (χ0v) is 33.9. The van der Waals surface area contributed by atoms with Crippen LogP contribution in [0.3, 0.4) is 0 Å². The molecule has 14 rings (SSSR count). The van der Waals surface area contributed by atoms with E-state index in [0.717, 1.165) is 84.0 Å². The summed E-state index contributed by atoms with van der Waals surface area (Å²) in [5, 5.41) is 10.1. The first-order valence-corrected chi connectivity index (χ1v) is 21.7. The van der Waals surface area contributed by atoms with Crippen LogP contribution in [0.2, 0.25) is 0 Å². The highest BCUT2D eigenvalue weighted by molar-refractivity contribution is 7.19. The molecule has 7 heteroatoms. The average Bonchev–Trinajstić information content (AvgIpc) is 4.08. The van der Waals surface area contributed by atoms with Crippen LogP contribution >= 0.6 is 11.3 Å². The quantitative estimate of drug-likeness (QED) is 0.177. The number of furan rings is 2. The number of para-hydroxylation sites is 3. The molecule has 6 nitrogen and oxygen atoms in total. The van der Waals surface area contributed by atoms with Crippen LogP contribution in [0.5, 0.6) is 0 Å². The molecule has 0 bridgehead atoms. The molecule has 62 heavy (non-hydrogen) atoms. The van der Waals surface area contributed by atoms with E-state index in [4.69, 9.17) is 23.8 Å². The lowest BCUT2D eigenvalue weighted by Crippen LogP contribution is -2.12. The molecule has 1 atom stereocenters. The van der Waals surface area contributed by atoms with Crippen LogP contribution in [-0.4, -0.2) is 19.5 Å². The minimum absolute atomic E-state index is 0.0747. The Balaban J connectivity index is 1.07. The van der Waals surface area contributed by atoms with Crippen molar-refractivity contribution in [3.05, 3.63) is 186 Å². The van der Waals surface area contributed by atoms with Crippen molar-refractivity contribution in [3.8, 4) is 28.5 Å². The van der Waals surface area contributed by atoms with Crippen LogP contribution in [0.15, 0.2) is 179 Å². The third kappa shape index (κ3) is 4.94. The van der Waals surface area contributed by atoms with E-state index in [2.05, 4.69) is 150 Å².